The number of unbranched alkanes of at least 4 members (excludes halogenated alkanes) is 2. The number of benzene rings is 1. The molecular formula is C29H46O5. The van der Waals surface area contributed by atoms with Gasteiger partial charge in [-0.25, -0.2) is 4.79 Å². The fourth-order valence-electron chi connectivity index (χ4n) is 5.64. The van der Waals surface area contributed by atoms with Crippen molar-refractivity contribution in [2.45, 2.75) is 111 Å². The van der Waals surface area contributed by atoms with Crippen LogP contribution in [0.4, 0.5) is 0 Å². The molecule has 2 aliphatic rings. The van der Waals surface area contributed by atoms with Gasteiger partial charge in [0.05, 0.1) is 12.2 Å². The van der Waals surface area contributed by atoms with Gasteiger partial charge in [-0.15, -0.1) is 0 Å². The number of fused-ring (bicyclic) bond motifs is 2. The minimum absolute atomic E-state index is 0.0911. The van der Waals surface area contributed by atoms with Crippen molar-refractivity contribution in [3.05, 3.63) is 29.3 Å². The molecule has 2 N–H and O–H groups in total. The summed E-state index contributed by atoms with van der Waals surface area (Å²) in [4.78, 5) is 12.3. The van der Waals surface area contributed by atoms with E-state index in [-0.39, 0.29) is 42.2 Å². The van der Waals surface area contributed by atoms with Crippen LogP contribution < -0.4 is 4.74 Å². The summed E-state index contributed by atoms with van der Waals surface area (Å²) >= 11 is 0. The maximum Gasteiger partial charge on any atom is 0.344 e. The number of rotatable bonds is 11. The first kappa shape index (κ1) is 27.0. The van der Waals surface area contributed by atoms with Gasteiger partial charge in [-0.3, -0.25) is 0 Å². The molecule has 0 aliphatic heterocycles. The Labute approximate surface area is 206 Å². The molecule has 1 aromatic rings. The Balaban J connectivity index is 1.58. The maximum absolute atomic E-state index is 12.3. The predicted octanol–water partition coefficient (Wildman–Crippen LogP) is 5.48. The summed E-state index contributed by atoms with van der Waals surface area (Å²) in [6, 6.07) is 6.09. The third-order valence-electron chi connectivity index (χ3n) is 8.19. The largest absolute Gasteiger partial charge is 0.482 e. The van der Waals surface area contributed by atoms with Crippen molar-refractivity contribution in [1.82, 2.24) is 0 Å². The van der Waals surface area contributed by atoms with Crippen molar-refractivity contribution in [2.24, 2.45) is 23.2 Å². The molecule has 6 atom stereocenters. The van der Waals surface area contributed by atoms with Crippen LogP contribution in [0.1, 0.15) is 90.7 Å². The Kier molecular flexibility index (Phi) is 9.45. The summed E-state index contributed by atoms with van der Waals surface area (Å²) in [7, 11) is 0. The van der Waals surface area contributed by atoms with Crippen LogP contribution in [0.3, 0.4) is 0 Å². The zero-order valence-corrected chi connectivity index (χ0v) is 21.9. The Morgan fingerprint density at radius 3 is 2.65 bits per heavy atom. The second-order valence-corrected chi connectivity index (χ2v) is 11.7. The minimum Gasteiger partial charge on any atom is -0.482 e. The van der Waals surface area contributed by atoms with Gasteiger partial charge in [-0.1, -0.05) is 59.1 Å². The third-order valence-corrected chi connectivity index (χ3v) is 8.19. The van der Waals surface area contributed by atoms with E-state index in [1.165, 1.54) is 24.0 Å². The standard InChI is InChI=1S/C29H46O5/c1-6-7-8-11-22(30)13-14-23-24-15-20-10-9-12-27(25(20)16-21(24)17-26(23)31)33-18-28(32)34-19(2)29(3,4)5/h9-10,12,19,21-24,26,30-31H,6-8,11,13-18H2,1-5H3. The van der Waals surface area contributed by atoms with Crippen LogP contribution in [-0.4, -0.2) is 41.1 Å². The van der Waals surface area contributed by atoms with Crippen LogP contribution >= 0.6 is 0 Å². The van der Waals surface area contributed by atoms with Crippen molar-refractivity contribution >= 4 is 5.97 Å². The topological polar surface area (TPSA) is 76.0 Å². The van der Waals surface area contributed by atoms with Crippen LogP contribution in [0.2, 0.25) is 0 Å². The molecule has 2 aliphatic carbocycles. The average Bonchev–Trinajstić information content (AvgIpc) is 3.08. The molecule has 1 aromatic carbocycles. The number of hydrogen-bond acceptors (Lipinski definition) is 5. The van der Waals surface area contributed by atoms with Gasteiger partial charge in [-0.05, 0) is 85.8 Å². The zero-order valence-electron chi connectivity index (χ0n) is 21.9. The van der Waals surface area contributed by atoms with Gasteiger partial charge in [0, 0.05) is 0 Å². The fourth-order valence-corrected chi connectivity index (χ4v) is 5.64. The Morgan fingerprint density at radius 1 is 1.18 bits per heavy atom. The van der Waals surface area contributed by atoms with Crippen LogP contribution in [0.5, 0.6) is 5.75 Å². The van der Waals surface area contributed by atoms with Crippen LogP contribution in [0.25, 0.3) is 0 Å². The molecule has 0 aromatic heterocycles. The van der Waals surface area contributed by atoms with Crippen molar-refractivity contribution in [3.63, 3.8) is 0 Å². The number of esters is 1. The summed E-state index contributed by atoms with van der Waals surface area (Å²) in [5, 5.41) is 21.2. The molecule has 0 bridgehead atoms. The number of aliphatic hydroxyl groups is 2. The Bertz CT molecular complexity index is 798. The Hall–Kier alpha value is -1.59. The van der Waals surface area contributed by atoms with E-state index in [0.717, 1.165) is 50.7 Å². The smallest absolute Gasteiger partial charge is 0.344 e. The second kappa shape index (κ2) is 11.9. The molecule has 6 unspecified atom stereocenters. The minimum atomic E-state index is -0.345. The number of ether oxygens (including phenoxy) is 2. The van der Waals surface area contributed by atoms with E-state index < -0.39 is 0 Å². The van der Waals surface area contributed by atoms with E-state index in [9.17, 15) is 15.0 Å². The first-order valence-electron chi connectivity index (χ1n) is 13.4. The normalized spacial score (nSPS) is 25.9. The first-order valence-corrected chi connectivity index (χ1v) is 13.4. The molecule has 5 heteroatoms. The molecule has 0 heterocycles. The van der Waals surface area contributed by atoms with Crippen LogP contribution in [0.15, 0.2) is 18.2 Å². The number of carbonyl (C=O) groups is 1. The van der Waals surface area contributed by atoms with Gasteiger partial charge < -0.3 is 19.7 Å². The zero-order chi connectivity index (χ0) is 24.9. The molecule has 3 rings (SSSR count). The molecule has 34 heavy (non-hydrogen) atoms. The monoisotopic (exact) mass is 474 g/mol. The first-order chi connectivity index (χ1) is 16.1. The lowest BCUT2D eigenvalue weighted by Gasteiger charge is -2.32. The van der Waals surface area contributed by atoms with E-state index in [2.05, 4.69) is 13.0 Å². The van der Waals surface area contributed by atoms with Gasteiger partial charge in [0.15, 0.2) is 6.61 Å². The molecular weight excluding hydrogens is 428 g/mol. The highest BCUT2D eigenvalue weighted by Crippen LogP contribution is 2.48. The van der Waals surface area contributed by atoms with Crippen molar-refractivity contribution < 1.29 is 24.5 Å². The van der Waals surface area contributed by atoms with Gasteiger partial charge in [0.2, 0.25) is 0 Å². The highest BCUT2D eigenvalue weighted by Gasteiger charge is 2.44. The molecule has 1 fully saturated rings. The lowest BCUT2D eigenvalue weighted by Crippen LogP contribution is -2.31. The molecule has 5 nitrogen and oxygen atoms in total. The number of hydrogen-bond donors (Lipinski definition) is 2. The molecule has 192 valence electrons. The van der Waals surface area contributed by atoms with E-state index in [0.29, 0.717) is 11.8 Å². The molecule has 0 spiro atoms. The van der Waals surface area contributed by atoms with Gasteiger partial charge >= 0.3 is 5.97 Å². The van der Waals surface area contributed by atoms with Gasteiger partial charge in [-0.2, -0.15) is 0 Å². The average molecular weight is 475 g/mol. The maximum atomic E-state index is 12.3. The van der Waals surface area contributed by atoms with Crippen LogP contribution in [-0.2, 0) is 22.4 Å². The highest BCUT2D eigenvalue weighted by molar-refractivity contribution is 5.71. The van der Waals surface area contributed by atoms with Gasteiger partial charge in [0.25, 0.3) is 0 Å². The number of carbonyl (C=O) groups excluding carboxylic acids is 1. The second-order valence-electron chi connectivity index (χ2n) is 11.7. The SMILES string of the molecule is CCCCCC(O)CCC1C(O)CC2Cc3c(cccc3OCC(=O)OC(C)C(C)(C)C)CC21. The van der Waals surface area contributed by atoms with E-state index in [1.807, 2.05) is 39.8 Å². The van der Waals surface area contributed by atoms with Crippen molar-refractivity contribution in [1.29, 1.82) is 0 Å². The summed E-state index contributed by atoms with van der Waals surface area (Å²) < 4.78 is 11.5. The predicted molar refractivity (Wildman–Crippen MR) is 135 cm³/mol. The third kappa shape index (κ3) is 6.97. The number of aliphatic hydroxyl groups excluding tert-OH is 2. The van der Waals surface area contributed by atoms with Crippen molar-refractivity contribution in [3.8, 4) is 5.75 Å². The van der Waals surface area contributed by atoms with E-state index in [1.54, 1.807) is 0 Å². The molecule has 0 radical (unpaired) electrons. The van der Waals surface area contributed by atoms with Gasteiger partial charge in [0.1, 0.15) is 11.9 Å². The summed E-state index contributed by atoms with van der Waals surface area (Å²) in [6.45, 7) is 10.1. The Morgan fingerprint density at radius 2 is 1.94 bits per heavy atom. The van der Waals surface area contributed by atoms with E-state index >= 15 is 0 Å². The summed E-state index contributed by atoms with van der Waals surface area (Å²) in [5.74, 6) is 1.53. The quantitative estimate of drug-likeness (QED) is 0.328. The van der Waals surface area contributed by atoms with E-state index in [4.69, 9.17) is 9.47 Å². The van der Waals surface area contributed by atoms with Crippen molar-refractivity contribution in [2.75, 3.05) is 6.61 Å². The van der Waals surface area contributed by atoms with Crippen LogP contribution in [0, 0.1) is 23.2 Å². The fraction of sp³-hybridized carbons (Fsp3) is 0.759. The lowest BCUT2D eigenvalue weighted by molar-refractivity contribution is -0.155. The molecule has 0 saturated heterocycles. The summed E-state index contributed by atoms with van der Waals surface area (Å²) in [6.07, 6.45) is 7.81. The highest BCUT2D eigenvalue weighted by atomic mass is 16.6. The summed E-state index contributed by atoms with van der Waals surface area (Å²) in [5.41, 5.74) is 2.33. The lowest BCUT2D eigenvalue weighted by atomic mass is 9.73. The molecule has 1 saturated carbocycles. The molecule has 0 amide bonds.